The van der Waals surface area contributed by atoms with Crippen molar-refractivity contribution >= 4 is 0 Å². The fourth-order valence-corrected chi connectivity index (χ4v) is 9.76. The third-order valence-corrected chi connectivity index (χ3v) is 12.5. The van der Waals surface area contributed by atoms with Crippen LogP contribution in [0.25, 0.3) is 89.8 Å². The summed E-state index contributed by atoms with van der Waals surface area (Å²) in [6.07, 6.45) is 3.66. The molecule has 2 heterocycles. The Balaban J connectivity index is 0.926. The third-order valence-electron chi connectivity index (χ3n) is 12.5. The zero-order valence-electron chi connectivity index (χ0n) is 33.1. The highest BCUT2D eigenvalue weighted by Crippen LogP contribution is 2.63. The minimum atomic E-state index is -0.374. The van der Waals surface area contributed by atoms with Crippen LogP contribution in [-0.4, -0.2) is 19.9 Å². The fourth-order valence-electron chi connectivity index (χ4n) is 9.76. The predicted octanol–water partition coefficient (Wildman–Crippen LogP) is 13.6. The van der Waals surface area contributed by atoms with Crippen molar-refractivity contribution in [3.05, 3.63) is 241 Å². The lowest BCUT2D eigenvalue weighted by Crippen LogP contribution is -2.25. The molecule has 4 nitrogen and oxygen atoms in total. The summed E-state index contributed by atoms with van der Waals surface area (Å²) in [5.41, 5.74) is 19.9. The Kier molecular flexibility index (Phi) is 8.04. The Hall–Kier alpha value is -8.08. The van der Waals surface area contributed by atoms with Gasteiger partial charge in [-0.2, -0.15) is 0 Å². The number of pyridine rings is 1. The Morgan fingerprint density at radius 3 is 1.31 bits per heavy atom. The maximum Gasteiger partial charge on any atom is 0.164 e. The van der Waals surface area contributed by atoms with E-state index in [9.17, 15) is 0 Å². The molecule has 0 aliphatic heterocycles. The van der Waals surface area contributed by atoms with E-state index in [1.165, 1.54) is 55.6 Å². The maximum atomic E-state index is 5.03. The van der Waals surface area contributed by atoms with E-state index in [4.69, 9.17) is 15.0 Å². The van der Waals surface area contributed by atoms with Crippen molar-refractivity contribution in [1.29, 1.82) is 0 Å². The molecular formula is C57H36N4. The molecule has 2 aromatic heterocycles. The van der Waals surface area contributed by atoms with Crippen LogP contribution in [-0.2, 0) is 5.41 Å². The summed E-state index contributed by atoms with van der Waals surface area (Å²) < 4.78 is 0. The highest BCUT2D eigenvalue weighted by Gasteiger charge is 2.51. The molecule has 1 spiro atoms. The average Bonchev–Trinajstić information content (AvgIpc) is 3.82. The molecule has 2 aliphatic carbocycles. The van der Waals surface area contributed by atoms with Crippen molar-refractivity contribution in [3.63, 3.8) is 0 Å². The second-order valence-electron chi connectivity index (χ2n) is 15.8. The molecule has 0 unspecified atom stereocenters. The molecule has 0 amide bonds. The van der Waals surface area contributed by atoms with Crippen molar-refractivity contribution in [2.75, 3.05) is 0 Å². The lowest BCUT2D eigenvalue weighted by atomic mass is 9.70. The van der Waals surface area contributed by atoms with Gasteiger partial charge >= 0.3 is 0 Å². The van der Waals surface area contributed by atoms with E-state index in [1.54, 1.807) is 6.20 Å². The van der Waals surface area contributed by atoms with Crippen LogP contribution in [0.2, 0.25) is 0 Å². The number of hydrogen-bond donors (Lipinski definition) is 0. The van der Waals surface area contributed by atoms with Crippen molar-refractivity contribution in [2.45, 2.75) is 5.41 Å². The molecule has 284 valence electrons. The minimum absolute atomic E-state index is 0.374. The van der Waals surface area contributed by atoms with Gasteiger partial charge in [0.2, 0.25) is 0 Å². The monoisotopic (exact) mass is 776 g/mol. The van der Waals surface area contributed by atoms with Crippen LogP contribution < -0.4 is 0 Å². The lowest BCUT2D eigenvalue weighted by molar-refractivity contribution is 0.794. The first-order valence-electron chi connectivity index (χ1n) is 20.7. The van der Waals surface area contributed by atoms with Crippen LogP contribution in [0.5, 0.6) is 0 Å². The number of aromatic nitrogens is 4. The van der Waals surface area contributed by atoms with Gasteiger partial charge in [-0.15, -0.1) is 0 Å². The molecule has 0 fully saturated rings. The molecule has 4 heteroatoms. The summed E-state index contributed by atoms with van der Waals surface area (Å²) in [7, 11) is 0. The maximum absolute atomic E-state index is 5.03. The van der Waals surface area contributed by atoms with E-state index in [-0.39, 0.29) is 5.41 Å². The van der Waals surface area contributed by atoms with Crippen molar-refractivity contribution < 1.29 is 0 Å². The van der Waals surface area contributed by atoms with Gasteiger partial charge in [-0.05, 0) is 90.0 Å². The first-order chi connectivity index (χ1) is 30.2. The number of nitrogens with zero attached hydrogens (tertiary/aromatic N) is 4. The van der Waals surface area contributed by atoms with Gasteiger partial charge in [-0.3, -0.25) is 4.98 Å². The summed E-state index contributed by atoms with van der Waals surface area (Å²) in [5, 5.41) is 0. The average molecular weight is 777 g/mol. The van der Waals surface area contributed by atoms with Crippen molar-refractivity contribution in [2.24, 2.45) is 0 Å². The zero-order chi connectivity index (χ0) is 40.3. The lowest BCUT2D eigenvalue weighted by Gasteiger charge is -2.30. The van der Waals surface area contributed by atoms with Crippen LogP contribution >= 0.6 is 0 Å². The number of benzene rings is 8. The van der Waals surface area contributed by atoms with Gasteiger partial charge < -0.3 is 0 Å². The van der Waals surface area contributed by atoms with Gasteiger partial charge in [0.1, 0.15) is 0 Å². The van der Waals surface area contributed by atoms with E-state index in [0.29, 0.717) is 17.5 Å². The third kappa shape index (κ3) is 5.53. The van der Waals surface area contributed by atoms with Crippen molar-refractivity contribution in [3.8, 4) is 89.8 Å². The number of fused-ring (bicyclic) bond motifs is 10. The fraction of sp³-hybridized carbons (Fsp3) is 0.0175. The SMILES string of the molecule is c1ccc(-c2nc(-c3ccc(-c4cccnc4)cc3)nc(-c3ccc(-c4cccc(-c5cccc6c5-c5ccccc5C65c6ccccc6-c6ccccc65)c4)cc3)n2)cc1. The van der Waals surface area contributed by atoms with Gasteiger partial charge in [0.05, 0.1) is 5.41 Å². The standard InChI is InChI=1S/C57H36N4/c1-2-13-39(14-3-1)54-59-55(61-56(60-54)41-32-28-38(29-33-41)44-17-12-34-58-36-44)40-30-26-37(27-31-40)42-15-10-16-43(35-42)45-21-11-25-52-53(45)48-20-6-9-24-51(48)57(52)49-22-7-4-18-46(49)47-19-5-8-23-50(47)57/h1-36H. The molecule has 0 radical (unpaired) electrons. The Labute approximate surface area is 354 Å². The van der Waals surface area contributed by atoms with Gasteiger partial charge in [0.25, 0.3) is 0 Å². The molecule has 61 heavy (non-hydrogen) atoms. The largest absolute Gasteiger partial charge is 0.264 e. The summed E-state index contributed by atoms with van der Waals surface area (Å²) in [6.45, 7) is 0. The minimum Gasteiger partial charge on any atom is -0.264 e. The van der Waals surface area contributed by atoms with Gasteiger partial charge in [0.15, 0.2) is 17.5 Å². The Bertz CT molecular complexity index is 3240. The molecular weight excluding hydrogens is 741 g/mol. The highest BCUT2D eigenvalue weighted by molar-refractivity contribution is 6.00. The first kappa shape index (κ1) is 34.9. The highest BCUT2D eigenvalue weighted by atomic mass is 15.0. The molecule has 0 saturated heterocycles. The summed E-state index contributed by atoms with van der Waals surface area (Å²) in [6, 6.07) is 73.9. The zero-order valence-corrected chi connectivity index (χ0v) is 33.1. The molecule has 2 aliphatic rings. The van der Waals surface area contributed by atoms with Gasteiger partial charge in [-0.1, -0.05) is 194 Å². The first-order valence-corrected chi connectivity index (χ1v) is 20.7. The number of hydrogen-bond acceptors (Lipinski definition) is 4. The normalized spacial score (nSPS) is 12.7. The van der Waals surface area contributed by atoms with Crippen LogP contribution in [0.3, 0.4) is 0 Å². The second kappa shape index (κ2) is 14.0. The van der Waals surface area contributed by atoms with E-state index >= 15 is 0 Å². The van der Waals surface area contributed by atoms with Gasteiger partial charge in [-0.25, -0.2) is 15.0 Å². The van der Waals surface area contributed by atoms with Crippen LogP contribution in [0.15, 0.2) is 219 Å². The van der Waals surface area contributed by atoms with E-state index in [1.807, 2.05) is 42.6 Å². The summed E-state index contributed by atoms with van der Waals surface area (Å²) in [5.74, 6) is 1.89. The van der Waals surface area contributed by atoms with Crippen LogP contribution in [0.1, 0.15) is 22.3 Å². The quantitative estimate of drug-likeness (QED) is 0.169. The smallest absolute Gasteiger partial charge is 0.164 e. The molecule has 0 atom stereocenters. The molecule has 12 rings (SSSR count). The Morgan fingerprint density at radius 1 is 0.279 bits per heavy atom. The summed E-state index contributed by atoms with van der Waals surface area (Å²) in [4.78, 5) is 19.3. The summed E-state index contributed by atoms with van der Waals surface area (Å²) >= 11 is 0. The van der Waals surface area contributed by atoms with Gasteiger partial charge in [0, 0.05) is 29.1 Å². The van der Waals surface area contributed by atoms with Crippen LogP contribution in [0.4, 0.5) is 0 Å². The second-order valence-corrected chi connectivity index (χ2v) is 15.8. The Morgan fingerprint density at radius 2 is 0.705 bits per heavy atom. The topological polar surface area (TPSA) is 51.6 Å². The molecule has 0 N–H and O–H groups in total. The number of rotatable bonds is 6. The molecule has 10 aromatic rings. The molecule has 0 bridgehead atoms. The predicted molar refractivity (Wildman–Crippen MR) is 247 cm³/mol. The van der Waals surface area contributed by atoms with Crippen molar-refractivity contribution in [1.82, 2.24) is 19.9 Å². The molecule has 0 saturated carbocycles. The van der Waals surface area contributed by atoms with E-state index in [0.717, 1.165) is 38.9 Å². The van der Waals surface area contributed by atoms with Crippen LogP contribution in [0, 0.1) is 0 Å². The van der Waals surface area contributed by atoms with E-state index < -0.39 is 0 Å². The molecule has 8 aromatic carbocycles. The van der Waals surface area contributed by atoms with E-state index in [2.05, 4.69) is 175 Å².